The minimum absolute atomic E-state index is 0.0227. The van der Waals surface area contributed by atoms with Crippen molar-refractivity contribution in [1.82, 2.24) is 15.1 Å². The monoisotopic (exact) mass is 227 g/mol. The molecule has 1 unspecified atom stereocenters. The molecule has 16 heavy (non-hydrogen) atoms. The molecule has 5 heteroatoms. The number of ether oxygens (including phenoxy) is 1. The minimum Gasteiger partial charge on any atom is -0.395 e. The molecule has 5 nitrogen and oxygen atoms in total. The van der Waals surface area contributed by atoms with Crippen molar-refractivity contribution in [3.63, 3.8) is 0 Å². The standard InChI is InChI=1S/C11H21N3O2/c1-4-14-11(5-9(2)13-14)6-12-10(7-15)8-16-3/h5,10,12,15H,4,6-8H2,1-3H3. The Balaban J connectivity index is 2.52. The van der Waals surface area contributed by atoms with Crippen LogP contribution >= 0.6 is 0 Å². The number of nitrogens with zero attached hydrogens (tertiary/aromatic N) is 2. The van der Waals surface area contributed by atoms with Gasteiger partial charge >= 0.3 is 0 Å². The van der Waals surface area contributed by atoms with Crippen molar-refractivity contribution in [3.8, 4) is 0 Å². The minimum atomic E-state index is -0.0227. The first-order valence-electron chi connectivity index (χ1n) is 5.57. The number of methoxy groups -OCH3 is 1. The summed E-state index contributed by atoms with van der Waals surface area (Å²) in [6.45, 7) is 6.19. The summed E-state index contributed by atoms with van der Waals surface area (Å²) in [7, 11) is 1.63. The third-order valence-electron chi connectivity index (χ3n) is 2.45. The van der Waals surface area contributed by atoms with Gasteiger partial charge in [-0.1, -0.05) is 0 Å². The van der Waals surface area contributed by atoms with Crippen molar-refractivity contribution in [1.29, 1.82) is 0 Å². The van der Waals surface area contributed by atoms with Crippen LogP contribution < -0.4 is 5.32 Å². The SMILES string of the molecule is CCn1nc(C)cc1CNC(CO)COC. The fourth-order valence-corrected chi connectivity index (χ4v) is 1.64. The predicted octanol–water partition coefficient (Wildman–Crippen LogP) is 0.308. The fourth-order valence-electron chi connectivity index (χ4n) is 1.64. The molecule has 0 bridgehead atoms. The van der Waals surface area contributed by atoms with Crippen molar-refractivity contribution < 1.29 is 9.84 Å². The number of aliphatic hydroxyl groups is 1. The Morgan fingerprint density at radius 3 is 2.94 bits per heavy atom. The molecule has 0 radical (unpaired) electrons. The van der Waals surface area contributed by atoms with E-state index in [1.165, 1.54) is 0 Å². The molecule has 1 rings (SSSR count). The van der Waals surface area contributed by atoms with Gasteiger partial charge in [0.1, 0.15) is 0 Å². The van der Waals surface area contributed by atoms with Crippen LogP contribution in [-0.4, -0.2) is 41.3 Å². The molecule has 1 aromatic heterocycles. The molecule has 0 aromatic carbocycles. The van der Waals surface area contributed by atoms with Gasteiger partial charge in [0.15, 0.2) is 0 Å². The van der Waals surface area contributed by atoms with E-state index in [1.807, 2.05) is 11.6 Å². The van der Waals surface area contributed by atoms with Gasteiger partial charge in [-0.2, -0.15) is 5.10 Å². The maximum Gasteiger partial charge on any atom is 0.0638 e. The molecule has 0 fully saturated rings. The summed E-state index contributed by atoms with van der Waals surface area (Å²) in [5.41, 5.74) is 2.15. The van der Waals surface area contributed by atoms with Crippen LogP contribution in [0.5, 0.6) is 0 Å². The van der Waals surface area contributed by atoms with Crippen LogP contribution in [0.15, 0.2) is 6.07 Å². The fraction of sp³-hybridized carbons (Fsp3) is 0.727. The average molecular weight is 227 g/mol. The van der Waals surface area contributed by atoms with E-state index in [2.05, 4.69) is 23.4 Å². The molecule has 0 amide bonds. The maximum atomic E-state index is 9.10. The lowest BCUT2D eigenvalue weighted by Gasteiger charge is -2.15. The van der Waals surface area contributed by atoms with Crippen LogP contribution in [-0.2, 0) is 17.8 Å². The Labute approximate surface area is 96.4 Å². The summed E-state index contributed by atoms with van der Waals surface area (Å²) < 4.78 is 6.96. The summed E-state index contributed by atoms with van der Waals surface area (Å²) in [6, 6.07) is 2.03. The Kier molecular flexibility index (Phi) is 5.45. The number of hydrogen-bond donors (Lipinski definition) is 2. The lowest BCUT2D eigenvalue weighted by atomic mass is 10.3. The molecule has 92 valence electrons. The van der Waals surface area contributed by atoms with E-state index in [-0.39, 0.29) is 12.6 Å². The zero-order valence-electron chi connectivity index (χ0n) is 10.2. The van der Waals surface area contributed by atoms with E-state index >= 15 is 0 Å². The van der Waals surface area contributed by atoms with E-state index in [0.717, 1.165) is 17.9 Å². The first-order valence-corrected chi connectivity index (χ1v) is 5.57. The highest BCUT2D eigenvalue weighted by Crippen LogP contribution is 2.03. The van der Waals surface area contributed by atoms with Crippen molar-refractivity contribution in [3.05, 3.63) is 17.5 Å². The zero-order chi connectivity index (χ0) is 12.0. The van der Waals surface area contributed by atoms with Crippen molar-refractivity contribution >= 4 is 0 Å². The van der Waals surface area contributed by atoms with Gasteiger partial charge in [0.25, 0.3) is 0 Å². The summed E-state index contributed by atoms with van der Waals surface area (Å²) in [4.78, 5) is 0. The number of aliphatic hydroxyl groups excluding tert-OH is 1. The molecule has 0 saturated heterocycles. The van der Waals surface area contributed by atoms with E-state index in [0.29, 0.717) is 13.2 Å². The molecule has 1 heterocycles. The van der Waals surface area contributed by atoms with Gasteiger partial charge in [-0.3, -0.25) is 4.68 Å². The molecule has 1 aromatic rings. The molecular weight excluding hydrogens is 206 g/mol. The lowest BCUT2D eigenvalue weighted by Crippen LogP contribution is -2.36. The predicted molar refractivity (Wildman–Crippen MR) is 62.2 cm³/mol. The quantitative estimate of drug-likeness (QED) is 0.704. The number of aromatic nitrogens is 2. The van der Waals surface area contributed by atoms with Crippen LogP contribution in [0.1, 0.15) is 18.3 Å². The molecule has 2 N–H and O–H groups in total. The number of nitrogens with one attached hydrogen (secondary N) is 1. The Bertz CT molecular complexity index is 312. The summed E-state index contributed by atoms with van der Waals surface area (Å²) in [5.74, 6) is 0. The van der Waals surface area contributed by atoms with Gasteiger partial charge in [-0.05, 0) is 19.9 Å². The topological polar surface area (TPSA) is 59.3 Å². The number of aryl methyl sites for hydroxylation is 2. The van der Waals surface area contributed by atoms with Crippen molar-refractivity contribution in [2.45, 2.75) is 33.0 Å². The maximum absolute atomic E-state index is 9.10. The summed E-state index contributed by atoms with van der Waals surface area (Å²) in [5, 5.41) is 16.7. The van der Waals surface area contributed by atoms with Gasteiger partial charge in [0.2, 0.25) is 0 Å². The molecule has 0 aliphatic rings. The third-order valence-corrected chi connectivity index (χ3v) is 2.45. The van der Waals surface area contributed by atoms with Gasteiger partial charge in [-0.15, -0.1) is 0 Å². The number of rotatable bonds is 7. The van der Waals surface area contributed by atoms with Crippen molar-refractivity contribution in [2.24, 2.45) is 0 Å². The van der Waals surface area contributed by atoms with Crippen molar-refractivity contribution in [2.75, 3.05) is 20.3 Å². The van der Waals surface area contributed by atoms with Gasteiger partial charge in [0.05, 0.1) is 30.6 Å². The van der Waals surface area contributed by atoms with Gasteiger partial charge in [-0.25, -0.2) is 0 Å². The van der Waals surface area contributed by atoms with Crippen LogP contribution in [0.2, 0.25) is 0 Å². The Hall–Kier alpha value is -0.910. The van der Waals surface area contributed by atoms with E-state index in [9.17, 15) is 0 Å². The molecule has 0 aliphatic carbocycles. The van der Waals surface area contributed by atoms with Crippen LogP contribution in [0.4, 0.5) is 0 Å². The van der Waals surface area contributed by atoms with Crippen LogP contribution in [0.3, 0.4) is 0 Å². The highest BCUT2D eigenvalue weighted by molar-refractivity contribution is 5.08. The molecule has 0 spiro atoms. The second-order valence-electron chi connectivity index (χ2n) is 3.81. The number of hydrogen-bond acceptors (Lipinski definition) is 4. The highest BCUT2D eigenvalue weighted by Gasteiger charge is 2.08. The second-order valence-corrected chi connectivity index (χ2v) is 3.81. The highest BCUT2D eigenvalue weighted by atomic mass is 16.5. The Morgan fingerprint density at radius 2 is 2.38 bits per heavy atom. The van der Waals surface area contributed by atoms with Gasteiger partial charge < -0.3 is 15.2 Å². The third kappa shape index (κ3) is 3.59. The summed E-state index contributed by atoms with van der Waals surface area (Å²) >= 11 is 0. The van der Waals surface area contributed by atoms with E-state index < -0.39 is 0 Å². The van der Waals surface area contributed by atoms with Crippen LogP contribution in [0.25, 0.3) is 0 Å². The smallest absolute Gasteiger partial charge is 0.0638 e. The van der Waals surface area contributed by atoms with E-state index in [4.69, 9.17) is 9.84 Å². The average Bonchev–Trinajstić information content (AvgIpc) is 2.65. The second kappa shape index (κ2) is 6.62. The van der Waals surface area contributed by atoms with E-state index in [1.54, 1.807) is 7.11 Å². The normalized spacial score (nSPS) is 13.0. The molecule has 1 atom stereocenters. The lowest BCUT2D eigenvalue weighted by molar-refractivity contribution is 0.127. The largest absolute Gasteiger partial charge is 0.395 e. The van der Waals surface area contributed by atoms with Gasteiger partial charge in [0, 0.05) is 20.2 Å². The summed E-state index contributed by atoms with van der Waals surface area (Å²) in [6.07, 6.45) is 0. The first-order chi connectivity index (χ1) is 7.71. The Morgan fingerprint density at radius 1 is 1.62 bits per heavy atom. The molecular formula is C11H21N3O2. The zero-order valence-corrected chi connectivity index (χ0v) is 10.2. The van der Waals surface area contributed by atoms with Crippen LogP contribution in [0, 0.1) is 6.92 Å². The molecule has 0 saturated carbocycles. The first kappa shape index (κ1) is 13.2. The molecule has 0 aliphatic heterocycles.